The van der Waals surface area contributed by atoms with Crippen LogP contribution in [0.4, 0.5) is 4.79 Å². The van der Waals surface area contributed by atoms with Crippen LogP contribution in [0.15, 0.2) is 60.7 Å². The lowest BCUT2D eigenvalue weighted by Gasteiger charge is -2.30. The van der Waals surface area contributed by atoms with Crippen LogP contribution < -0.4 is 0 Å². The minimum atomic E-state index is -0.747. The van der Waals surface area contributed by atoms with E-state index in [0.717, 1.165) is 23.3 Å². The molecule has 2 aliphatic heterocycles. The van der Waals surface area contributed by atoms with Gasteiger partial charge in [-0.05, 0) is 17.5 Å². The van der Waals surface area contributed by atoms with Gasteiger partial charge in [0, 0.05) is 24.1 Å². The standard InChI is InChI=1S/C24H28N2O3S/c1-2-9-19(23(27)28)22-21-20(16-30-22)25(14-17-10-5-3-6-11-17)24(29)26(21)15-18-12-7-4-8-13-18/h3-8,10-13,19-22H,2,9,14-16H2,1H3,(H,27,28). The van der Waals surface area contributed by atoms with Gasteiger partial charge < -0.3 is 14.9 Å². The highest BCUT2D eigenvalue weighted by Crippen LogP contribution is 2.44. The molecule has 0 aliphatic carbocycles. The second-order valence-corrected chi connectivity index (χ2v) is 9.31. The van der Waals surface area contributed by atoms with Crippen LogP contribution >= 0.6 is 11.8 Å². The number of hydrogen-bond donors (Lipinski definition) is 1. The van der Waals surface area contributed by atoms with Crippen molar-refractivity contribution in [2.24, 2.45) is 5.92 Å². The molecule has 2 aromatic carbocycles. The van der Waals surface area contributed by atoms with Crippen molar-refractivity contribution in [1.82, 2.24) is 9.80 Å². The number of aliphatic carboxylic acids is 1. The van der Waals surface area contributed by atoms with Crippen LogP contribution in [0, 0.1) is 5.92 Å². The van der Waals surface area contributed by atoms with Crippen LogP contribution in [0.2, 0.25) is 0 Å². The van der Waals surface area contributed by atoms with Gasteiger partial charge in [-0.3, -0.25) is 4.79 Å². The molecule has 2 heterocycles. The van der Waals surface area contributed by atoms with Gasteiger partial charge in [0.1, 0.15) is 0 Å². The normalized spacial score (nSPS) is 24.2. The summed E-state index contributed by atoms with van der Waals surface area (Å²) in [5.74, 6) is -0.395. The van der Waals surface area contributed by atoms with E-state index in [2.05, 4.69) is 0 Å². The van der Waals surface area contributed by atoms with Gasteiger partial charge in [0.15, 0.2) is 0 Å². The average molecular weight is 425 g/mol. The molecule has 0 saturated carbocycles. The molecule has 2 saturated heterocycles. The van der Waals surface area contributed by atoms with Crippen molar-refractivity contribution in [2.75, 3.05) is 5.75 Å². The predicted molar refractivity (Wildman–Crippen MR) is 119 cm³/mol. The van der Waals surface area contributed by atoms with Crippen LogP contribution in [-0.4, -0.2) is 50.0 Å². The Morgan fingerprint density at radius 1 is 1.03 bits per heavy atom. The van der Waals surface area contributed by atoms with Crippen molar-refractivity contribution in [2.45, 2.75) is 50.2 Å². The maximum Gasteiger partial charge on any atom is 0.321 e. The van der Waals surface area contributed by atoms with Crippen molar-refractivity contribution in [3.05, 3.63) is 71.8 Å². The summed E-state index contributed by atoms with van der Waals surface area (Å²) in [5, 5.41) is 9.81. The molecule has 2 fully saturated rings. The Kier molecular flexibility index (Phi) is 6.32. The molecular weight excluding hydrogens is 396 g/mol. The van der Waals surface area contributed by atoms with E-state index < -0.39 is 11.9 Å². The van der Waals surface area contributed by atoms with Crippen molar-refractivity contribution in [1.29, 1.82) is 0 Å². The summed E-state index contributed by atoms with van der Waals surface area (Å²) in [6, 6.07) is 20.0. The predicted octanol–water partition coefficient (Wildman–Crippen LogP) is 4.48. The van der Waals surface area contributed by atoms with Gasteiger partial charge >= 0.3 is 12.0 Å². The van der Waals surface area contributed by atoms with E-state index in [-0.39, 0.29) is 23.4 Å². The lowest BCUT2D eigenvalue weighted by Crippen LogP contribution is -2.45. The van der Waals surface area contributed by atoms with E-state index >= 15 is 0 Å². The minimum Gasteiger partial charge on any atom is -0.481 e. The third-order valence-corrected chi connectivity index (χ3v) is 7.67. The number of carboxylic acids is 1. The minimum absolute atomic E-state index is 0.0173. The Morgan fingerprint density at radius 2 is 1.60 bits per heavy atom. The van der Waals surface area contributed by atoms with Gasteiger partial charge in [-0.1, -0.05) is 74.0 Å². The number of carbonyl (C=O) groups is 2. The summed E-state index contributed by atoms with van der Waals surface area (Å²) >= 11 is 1.73. The number of hydrogen-bond acceptors (Lipinski definition) is 3. The molecule has 4 atom stereocenters. The van der Waals surface area contributed by atoms with Gasteiger partial charge in [0.25, 0.3) is 0 Å². The monoisotopic (exact) mass is 424 g/mol. The Bertz CT molecular complexity index is 877. The smallest absolute Gasteiger partial charge is 0.321 e. The summed E-state index contributed by atoms with van der Waals surface area (Å²) in [5.41, 5.74) is 2.17. The number of benzene rings is 2. The topological polar surface area (TPSA) is 60.9 Å². The van der Waals surface area contributed by atoms with Crippen molar-refractivity contribution < 1.29 is 14.7 Å². The van der Waals surface area contributed by atoms with E-state index in [4.69, 9.17) is 0 Å². The van der Waals surface area contributed by atoms with Crippen molar-refractivity contribution >= 4 is 23.8 Å². The summed E-state index contributed by atoms with van der Waals surface area (Å²) in [7, 11) is 0. The van der Waals surface area contributed by atoms with E-state index in [0.29, 0.717) is 19.5 Å². The number of nitrogens with zero attached hydrogens (tertiary/aromatic N) is 2. The van der Waals surface area contributed by atoms with Gasteiger partial charge in [-0.15, -0.1) is 0 Å². The fraction of sp³-hybridized carbons (Fsp3) is 0.417. The molecule has 6 heteroatoms. The number of fused-ring (bicyclic) bond motifs is 1. The molecule has 0 aromatic heterocycles. The molecule has 0 spiro atoms. The molecule has 0 radical (unpaired) electrons. The van der Waals surface area contributed by atoms with Gasteiger partial charge in [0.2, 0.25) is 0 Å². The fourth-order valence-corrected chi connectivity index (χ4v) is 6.54. The highest BCUT2D eigenvalue weighted by atomic mass is 32.2. The molecule has 0 bridgehead atoms. The van der Waals surface area contributed by atoms with Crippen LogP contribution in [-0.2, 0) is 17.9 Å². The second-order valence-electron chi connectivity index (χ2n) is 8.10. The summed E-state index contributed by atoms with van der Waals surface area (Å²) in [6.45, 7) is 3.10. The van der Waals surface area contributed by atoms with Crippen LogP contribution in [0.25, 0.3) is 0 Å². The number of thioether (sulfide) groups is 1. The van der Waals surface area contributed by atoms with E-state index in [1.807, 2.05) is 77.4 Å². The van der Waals surface area contributed by atoms with Gasteiger partial charge in [0.05, 0.1) is 18.0 Å². The van der Waals surface area contributed by atoms with Gasteiger partial charge in [-0.2, -0.15) is 11.8 Å². The zero-order chi connectivity index (χ0) is 21.1. The first-order chi connectivity index (χ1) is 14.6. The molecular formula is C24H28N2O3S. The number of carbonyl (C=O) groups excluding carboxylic acids is 1. The third kappa shape index (κ3) is 4.06. The second kappa shape index (κ2) is 9.13. The number of carboxylic acid groups (broad SMARTS) is 1. The van der Waals surface area contributed by atoms with Gasteiger partial charge in [-0.25, -0.2) is 4.79 Å². The molecule has 158 valence electrons. The Labute approximate surface area is 182 Å². The molecule has 30 heavy (non-hydrogen) atoms. The highest BCUT2D eigenvalue weighted by Gasteiger charge is 2.55. The van der Waals surface area contributed by atoms with Crippen LogP contribution in [0.5, 0.6) is 0 Å². The lowest BCUT2D eigenvalue weighted by molar-refractivity contribution is -0.142. The van der Waals surface area contributed by atoms with E-state index in [1.165, 1.54) is 0 Å². The van der Waals surface area contributed by atoms with E-state index in [1.54, 1.807) is 11.8 Å². The van der Waals surface area contributed by atoms with E-state index in [9.17, 15) is 14.7 Å². The largest absolute Gasteiger partial charge is 0.481 e. The Morgan fingerprint density at radius 3 is 2.13 bits per heavy atom. The SMILES string of the molecule is CCCC(C(=O)O)C1SCC2C1N(Cc1ccccc1)C(=O)N2Cc1ccccc1. The fourth-order valence-electron chi connectivity index (χ4n) is 4.73. The van der Waals surface area contributed by atoms with Crippen LogP contribution in [0.3, 0.4) is 0 Å². The Hall–Kier alpha value is -2.47. The number of rotatable bonds is 8. The molecule has 2 aromatic rings. The molecule has 4 unspecified atom stereocenters. The summed E-state index contributed by atoms with van der Waals surface area (Å²) in [6.07, 6.45) is 1.47. The number of amides is 2. The summed E-state index contributed by atoms with van der Waals surface area (Å²) < 4.78 is 0. The molecule has 5 nitrogen and oxygen atoms in total. The Balaban J connectivity index is 1.65. The van der Waals surface area contributed by atoms with Crippen molar-refractivity contribution in [3.63, 3.8) is 0 Å². The molecule has 2 aliphatic rings. The van der Waals surface area contributed by atoms with Crippen molar-refractivity contribution in [3.8, 4) is 0 Å². The first-order valence-electron chi connectivity index (χ1n) is 10.6. The lowest BCUT2D eigenvalue weighted by atomic mass is 9.91. The average Bonchev–Trinajstić information content (AvgIpc) is 3.28. The molecule has 2 amide bonds. The molecule has 1 N–H and O–H groups in total. The highest BCUT2D eigenvalue weighted by molar-refractivity contribution is 8.00. The summed E-state index contributed by atoms with van der Waals surface area (Å²) in [4.78, 5) is 29.5. The number of urea groups is 1. The first kappa shape index (κ1) is 20.8. The zero-order valence-corrected chi connectivity index (χ0v) is 18.0. The van der Waals surface area contributed by atoms with Crippen LogP contribution in [0.1, 0.15) is 30.9 Å². The zero-order valence-electron chi connectivity index (χ0n) is 17.2. The maximum atomic E-state index is 13.5. The maximum absolute atomic E-state index is 13.5. The molecule has 4 rings (SSSR count). The first-order valence-corrected chi connectivity index (χ1v) is 11.6. The quantitative estimate of drug-likeness (QED) is 0.635. The third-order valence-electron chi connectivity index (χ3n) is 6.15.